The number of benzene rings is 3. The Bertz CT molecular complexity index is 1220. The minimum absolute atomic E-state index is 0.201. The van der Waals surface area contributed by atoms with Gasteiger partial charge in [-0.15, -0.1) is 0 Å². The van der Waals surface area contributed by atoms with Crippen LogP contribution in [0, 0.1) is 11.7 Å². The second-order valence-corrected chi connectivity index (χ2v) is 8.80. The van der Waals surface area contributed by atoms with Crippen molar-refractivity contribution in [2.45, 2.75) is 12.5 Å². The summed E-state index contributed by atoms with van der Waals surface area (Å²) in [6.07, 6.45) is 0. The average Bonchev–Trinajstić information content (AvgIpc) is 3.32. The number of likely N-dealkylation sites (tertiary alicyclic amines) is 1. The highest BCUT2D eigenvalue weighted by atomic mass is 35.5. The van der Waals surface area contributed by atoms with Crippen molar-refractivity contribution >= 4 is 23.4 Å². The van der Waals surface area contributed by atoms with E-state index in [9.17, 15) is 14.0 Å². The summed E-state index contributed by atoms with van der Waals surface area (Å²) in [6.45, 7) is 0.801. The zero-order valence-corrected chi connectivity index (χ0v) is 20.2. The van der Waals surface area contributed by atoms with Crippen LogP contribution in [0.3, 0.4) is 0 Å². The molecule has 3 aromatic carbocycles. The van der Waals surface area contributed by atoms with Crippen molar-refractivity contribution in [1.29, 1.82) is 0 Å². The minimum atomic E-state index is -0.528. The maximum atomic E-state index is 13.4. The molecule has 1 aliphatic rings. The molecule has 0 saturated carbocycles. The van der Waals surface area contributed by atoms with Crippen LogP contribution in [0.5, 0.6) is 11.5 Å². The topological polar surface area (TPSA) is 67.9 Å². The van der Waals surface area contributed by atoms with Gasteiger partial charge in [-0.2, -0.15) is 0 Å². The van der Waals surface area contributed by atoms with Crippen LogP contribution in [0.4, 0.5) is 4.39 Å². The lowest BCUT2D eigenvalue weighted by molar-refractivity contribution is -0.125. The first-order valence-corrected chi connectivity index (χ1v) is 11.6. The first-order valence-electron chi connectivity index (χ1n) is 11.2. The molecule has 4 rings (SSSR count). The molecule has 0 unspecified atom stereocenters. The van der Waals surface area contributed by atoms with E-state index in [0.29, 0.717) is 28.6 Å². The monoisotopic (exact) mass is 496 g/mol. The van der Waals surface area contributed by atoms with Crippen molar-refractivity contribution in [2.75, 3.05) is 27.3 Å². The third-order valence-corrected chi connectivity index (χ3v) is 6.46. The van der Waals surface area contributed by atoms with E-state index in [1.807, 2.05) is 12.1 Å². The molecule has 3 aromatic rings. The lowest BCUT2D eigenvalue weighted by Gasteiger charge is -2.21. The Labute approximate surface area is 208 Å². The third-order valence-electron chi connectivity index (χ3n) is 6.23. The summed E-state index contributed by atoms with van der Waals surface area (Å²) in [4.78, 5) is 28.3. The molecule has 1 saturated heterocycles. The van der Waals surface area contributed by atoms with Crippen LogP contribution in [-0.2, 0) is 11.3 Å². The molecule has 1 heterocycles. The van der Waals surface area contributed by atoms with Crippen molar-refractivity contribution in [1.82, 2.24) is 10.2 Å². The number of hydrogen-bond acceptors (Lipinski definition) is 4. The summed E-state index contributed by atoms with van der Waals surface area (Å²) in [5, 5.41) is 3.41. The van der Waals surface area contributed by atoms with Crippen LogP contribution in [0.1, 0.15) is 27.4 Å². The van der Waals surface area contributed by atoms with E-state index < -0.39 is 5.92 Å². The second-order valence-electron chi connectivity index (χ2n) is 8.36. The minimum Gasteiger partial charge on any atom is -0.493 e. The van der Waals surface area contributed by atoms with E-state index >= 15 is 0 Å². The molecule has 6 nitrogen and oxygen atoms in total. The summed E-state index contributed by atoms with van der Waals surface area (Å²) in [6, 6.07) is 18.2. The number of para-hydroxylation sites is 1. The molecule has 2 amide bonds. The van der Waals surface area contributed by atoms with Gasteiger partial charge in [-0.1, -0.05) is 41.9 Å². The molecule has 0 spiro atoms. The van der Waals surface area contributed by atoms with Crippen molar-refractivity contribution in [3.8, 4) is 11.5 Å². The first-order chi connectivity index (χ1) is 16.9. The molecule has 1 aliphatic heterocycles. The summed E-state index contributed by atoms with van der Waals surface area (Å²) in [5.41, 5.74) is 2.02. The number of hydrogen-bond donors (Lipinski definition) is 1. The van der Waals surface area contributed by atoms with Gasteiger partial charge < -0.3 is 19.7 Å². The Morgan fingerprint density at radius 3 is 2.46 bits per heavy atom. The summed E-state index contributed by atoms with van der Waals surface area (Å²) in [7, 11) is 3.10. The maximum absolute atomic E-state index is 13.4. The standard InChI is InChI=1S/C27H26ClFN2O4/c1-34-24-8-4-7-21(25(24)35-2)22-15-31(27(33)18-5-3-6-19(28)13-18)16-23(22)26(32)30-14-17-9-11-20(29)12-10-17/h3-13,22-23H,14-16H2,1-2H3,(H,30,32)/t22-,23-/m0/s1. The van der Waals surface area contributed by atoms with Crippen LogP contribution >= 0.6 is 11.6 Å². The summed E-state index contributed by atoms with van der Waals surface area (Å²) >= 11 is 6.09. The fraction of sp³-hybridized carbons (Fsp3) is 0.259. The molecular formula is C27H26ClFN2O4. The van der Waals surface area contributed by atoms with Gasteiger partial charge in [-0.05, 0) is 42.0 Å². The molecule has 2 atom stereocenters. The van der Waals surface area contributed by atoms with Gasteiger partial charge in [0.1, 0.15) is 5.82 Å². The molecule has 8 heteroatoms. The molecule has 182 valence electrons. The van der Waals surface area contributed by atoms with Crippen LogP contribution in [0.15, 0.2) is 66.7 Å². The zero-order valence-electron chi connectivity index (χ0n) is 19.5. The lowest BCUT2D eigenvalue weighted by atomic mass is 9.87. The van der Waals surface area contributed by atoms with E-state index in [2.05, 4.69) is 5.32 Å². The van der Waals surface area contributed by atoms with Gasteiger partial charge >= 0.3 is 0 Å². The summed E-state index contributed by atoms with van der Waals surface area (Å²) < 4.78 is 24.3. The zero-order chi connectivity index (χ0) is 24.9. The first kappa shape index (κ1) is 24.5. The van der Waals surface area contributed by atoms with Crippen LogP contribution in [-0.4, -0.2) is 44.0 Å². The van der Waals surface area contributed by atoms with Crippen molar-refractivity contribution in [3.63, 3.8) is 0 Å². The van der Waals surface area contributed by atoms with Gasteiger partial charge in [-0.25, -0.2) is 4.39 Å². The van der Waals surface area contributed by atoms with Gasteiger partial charge in [0.05, 0.1) is 20.1 Å². The molecular weight excluding hydrogens is 471 g/mol. The average molecular weight is 497 g/mol. The highest BCUT2D eigenvalue weighted by Gasteiger charge is 2.42. The number of nitrogens with one attached hydrogen (secondary N) is 1. The Kier molecular flexibility index (Phi) is 7.56. The van der Waals surface area contributed by atoms with Gasteiger partial charge in [0.15, 0.2) is 11.5 Å². The Balaban J connectivity index is 1.62. The fourth-order valence-electron chi connectivity index (χ4n) is 4.48. The molecule has 35 heavy (non-hydrogen) atoms. The van der Waals surface area contributed by atoms with Gasteiger partial charge in [0, 0.05) is 41.7 Å². The fourth-order valence-corrected chi connectivity index (χ4v) is 4.67. The van der Waals surface area contributed by atoms with E-state index in [1.54, 1.807) is 61.6 Å². The number of rotatable bonds is 7. The van der Waals surface area contributed by atoms with E-state index in [-0.39, 0.29) is 36.6 Å². The number of nitrogens with zero attached hydrogens (tertiary/aromatic N) is 1. The van der Waals surface area contributed by atoms with Crippen LogP contribution < -0.4 is 14.8 Å². The number of amides is 2. The molecule has 1 fully saturated rings. The lowest BCUT2D eigenvalue weighted by Crippen LogP contribution is -2.35. The maximum Gasteiger partial charge on any atom is 0.253 e. The highest BCUT2D eigenvalue weighted by molar-refractivity contribution is 6.30. The highest BCUT2D eigenvalue weighted by Crippen LogP contribution is 2.42. The Morgan fingerprint density at radius 2 is 1.77 bits per heavy atom. The summed E-state index contributed by atoms with van der Waals surface area (Å²) in [5.74, 6) is -0.505. The SMILES string of the molecule is COc1cccc([C@@H]2CN(C(=O)c3cccc(Cl)c3)C[C@@H]2C(=O)NCc2ccc(F)cc2)c1OC. The van der Waals surface area contributed by atoms with Crippen molar-refractivity contribution in [2.24, 2.45) is 5.92 Å². The largest absolute Gasteiger partial charge is 0.493 e. The second kappa shape index (κ2) is 10.8. The third kappa shape index (κ3) is 5.41. The van der Waals surface area contributed by atoms with Gasteiger partial charge in [0.2, 0.25) is 5.91 Å². The number of ether oxygens (including phenoxy) is 2. The normalized spacial score (nSPS) is 17.2. The van der Waals surface area contributed by atoms with E-state index in [1.165, 1.54) is 12.1 Å². The van der Waals surface area contributed by atoms with Gasteiger partial charge in [0.25, 0.3) is 5.91 Å². The van der Waals surface area contributed by atoms with Crippen LogP contribution in [0.25, 0.3) is 0 Å². The predicted octanol–water partition coefficient (Wildman–Crippen LogP) is 4.67. The molecule has 0 radical (unpaired) electrons. The quantitative estimate of drug-likeness (QED) is 0.516. The Morgan fingerprint density at radius 1 is 1.03 bits per heavy atom. The number of methoxy groups -OCH3 is 2. The predicted molar refractivity (Wildman–Crippen MR) is 131 cm³/mol. The molecule has 0 aliphatic carbocycles. The molecule has 1 N–H and O–H groups in total. The number of halogens is 2. The van der Waals surface area contributed by atoms with Gasteiger partial charge in [-0.3, -0.25) is 9.59 Å². The van der Waals surface area contributed by atoms with Crippen LogP contribution in [0.2, 0.25) is 5.02 Å². The molecule has 0 bridgehead atoms. The smallest absolute Gasteiger partial charge is 0.253 e. The van der Waals surface area contributed by atoms with Crippen molar-refractivity contribution < 1.29 is 23.5 Å². The number of carbonyl (C=O) groups excluding carboxylic acids is 2. The molecule has 0 aromatic heterocycles. The van der Waals surface area contributed by atoms with Crippen molar-refractivity contribution in [3.05, 3.63) is 94.3 Å². The van der Waals surface area contributed by atoms with E-state index in [0.717, 1.165) is 11.1 Å². The van der Waals surface area contributed by atoms with E-state index in [4.69, 9.17) is 21.1 Å². The number of carbonyl (C=O) groups is 2. The Hall–Kier alpha value is -3.58.